The first-order valence-corrected chi connectivity index (χ1v) is 5.75. The standard InChI is InChI=1S/C13H20N2O/c1-4-15(5-2)12-8-6-7-11(9-12)13(16)10-14-3/h6-9,14H,4-5,10H2,1-3H3. The fourth-order valence-corrected chi connectivity index (χ4v) is 1.73. The van der Waals surface area contributed by atoms with Crippen molar-refractivity contribution >= 4 is 11.5 Å². The lowest BCUT2D eigenvalue weighted by Crippen LogP contribution is -2.23. The second kappa shape index (κ2) is 6.28. The van der Waals surface area contributed by atoms with Crippen molar-refractivity contribution in [2.45, 2.75) is 13.8 Å². The summed E-state index contributed by atoms with van der Waals surface area (Å²) in [4.78, 5) is 13.9. The SMILES string of the molecule is CCN(CC)c1cccc(C(=O)CNC)c1. The molecule has 0 aromatic heterocycles. The van der Waals surface area contributed by atoms with E-state index in [1.165, 1.54) is 0 Å². The minimum Gasteiger partial charge on any atom is -0.372 e. The van der Waals surface area contributed by atoms with E-state index in [0.29, 0.717) is 6.54 Å². The average Bonchev–Trinajstić information content (AvgIpc) is 2.31. The third-order valence-corrected chi connectivity index (χ3v) is 2.63. The minimum atomic E-state index is 0.136. The van der Waals surface area contributed by atoms with Crippen LogP contribution in [0.25, 0.3) is 0 Å². The number of carbonyl (C=O) groups excluding carboxylic acids is 1. The van der Waals surface area contributed by atoms with E-state index < -0.39 is 0 Å². The van der Waals surface area contributed by atoms with Crippen molar-refractivity contribution in [1.82, 2.24) is 5.32 Å². The Labute approximate surface area is 97.5 Å². The summed E-state index contributed by atoms with van der Waals surface area (Å²) in [6.07, 6.45) is 0. The quantitative estimate of drug-likeness (QED) is 0.744. The molecule has 88 valence electrons. The van der Waals surface area contributed by atoms with Gasteiger partial charge in [-0.2, -0.15) is 0 Å². The maximum absolute atomic E-state index is 11.7. The normalized spacial score (nSPS) is 10.2. The van der Waals surface area contributed by atoms with Crippen LogP contribution in [0.5, 0.6) is 0 Å². The van der Waals surface area contributed by atoms with Crippen LogP contribution in [-0.4, -0.2) is 32.5 Å². The Morgan fingerprint density at radius 2 is 2.00 bits per heavy atom. The summed E-state index contributed by atoms with van der Waals surface area (Å²) in [7, 11) is 1.78. The lowest BCUT2D eigenvalue weighted by Gasteiger charge is -2.21. The molecule has 0 fully saturated rings. The van der Waals surface area contributed by atoms with Crippen LogP contribution in [-0.2, 0) is 0 Å². The number of nitrogens with one attached hydrogen (secondary N) is 1. The number of carbonyl (C=O) groups is 1. The molecule has 0 radical (unpaired) electrons. The number of ketones is 1. The van der Waals surface area contributed by atoms with E-state index in [9.17, 15) is 4.79 Å². The third kappa shape index (κ3) is 3.07. The van der Waals surface area contributed by atoms with Crippen molar-refractivity contribution in [2.24, 2.45) is 0 Å². The summed E-state index contributed by atoms with van der Waals surface area (Å²) >= 11 is 0. The van der Waals surface area contributed by atoms with E-state index in [1.54, 1.807) is 7.05 Å². The second-order valence-corrected chi connectivity index (χ2v) is 3.68. The van der Waals surface area contributed by atoms with Gasteiger partial charge >= 0.3 is 0 Å². The molecular weight excluding hydrogens is 200 g/mol. The molecule has 0 aliphatic rings. The Bertz CT molecular complexity index is 346. The van der Waals surface area contributed by atoms with Crippen LogP contribution in [0.2, 0.25) is 0 Å². The highest BCUT2D eigenvalue weighted by Crippen LogP contribution is 2.16. The summed E-state index contributed by atoms with van der Waals surface area (Å²) in [6.45, 7) is 6.54. The topological polar surface area (TPSA) is 32.3 Å². The molecule has 0 spiro atoms. The summed E-state index contributed by atoms with van der Waals surface area (Å²) in [5.74, 6) is 0.136. The zero-order valence-corrected chi connectivity index (χ0v) is 10.3. The van der Waals surface area contributed by atoms with Crippen molar-refractivity contribution in [3.63, 3.8) is 0 Å². The van der Waals surface area contributed by atoms with Crippen LogP contribution in [0.4, 0.5) is 5.69 Å². The zero-order valence-electron chi connectivity index (χ0n) is 10.3. The maximum Gasteiger partial charge on any atom is 0.176 e. The van der Waals surface area contributed by atoms with Crippen LogP contribution in [0.3, 0.4) is 0 Å². The largest absolute Gasteiger partial charge is 0.372 e. The molecule has 1 N–H and O–H groups in total. The van der Waals surface area contributed by atoms with Crippen LogP contribution < -0.4 is 10.2 Å². The van der Waals surface area contributed by atoms with Crippen LogP contribution >= 0.6 is 0 Å². The van der Waals surface area contributed by atoms with E-state index in [-0.39, 0.29) is 5.78 Å². The van der Waals surface area contributed by atoms with Gasteiger partial charge in [0.05, 0.1) is 6.54 Å². The van der Waals surface area contributed by atoms with Gasteiger partial charge in [-0.15, -0.1) is 0 Å². The van der Waals surface area contributed by atoms with Crippen LogP contribution in [0.15, 0.2) is 24.3 Å². The molecular formula is C13H20N2O. The van der Waals surface area contributed by atoms with Gasteiger partial charge in [-0.3, -0.25) is 4.79 Å². The lowest BCUT2D eigenvalue weighted by atomic mass is 10.1. The summed E-state index contributed by atoms with van der Waals surface area (Å²) < 4.78 is 0. The number of benzene rings is 1. The molecule has 16 heavy (non-hydrogen) atoms. The van der Waals surface area contributed by atoms with Crippen LogP contribution in [0.1, 0.15) is 24.2 Å². The van der Waals surface area contributed by atoms with Gasteiger partial charge in [0.25, 0.3) is 0 Å². The van der Waals surface area contributed by atoms with Gasteiger partial charge in [-0.05, 0) is 33.0 Å². The highest BCUT2D eigenvalue weighted by molar-refractivity contribution is 5.98. The van der Waals surface area contributed by atoms with Gasteiger partial charge in [0, 0.05) is 24.3 Å². The molecule has 0 bridgehead atoms. The number of hydrogen-bond donors (Lipinski definition) is 1. The van der Waals surface area contributed by atoms with Crippen molar-refractivity contribution in [2.75, 3.05) is 31.6 Å². The predicted molar refractivity (Wildman–Crippen MR) is 68.3 cm³/mol. The minimum absolute atomic E-state index is 0.136. The highest BCUT2D eigenvalue weighted by atomic mass is 16.1. The average molecular weight is 220 g/mol. The molecule has 0 unspecified atom stereocenters. The fraction of sp³-hybridized carbons (Fsp3) is 0.462. The molecule has 0 aliphatic carbocycles. The van der Waals surface area contributed by atoms with Gasteiger partial charge in [0.2, 0.25) is 0 Å². The molecule has 0 heterocycles. The van der Waals surface area contributed by atoms with Gasteiger partial charge in [0.1, 0.15) is 0 Å². The van der Waals surface area contributed by atoms with Gasteiger partial charge in [-0.1, -0.05) is 12.1 Å². The van der Waals surface area contributed by atoms with E-state index >= 15 is 0 Å². The summed E-state index contributed by atoms with van der Waals surface area (Å²) in [5, 5.41) is 2.88. The van der Waals surface area contributed by atoms with Crippen molar-refractivity contribution in [1.29, 1.82) is 0 Å². The maximum atomic E-state index is 11.7. The highest BCUT2D eigenvalue weighted by Gasteiger charge is 2.07. The molecule has 0 amide bonds. The first kappa shape index (κ1) is 12.7. The van der Waals surface area contributed by atoms with Gasteiger partial charge in [0.15, 0.2) is 5.78 Å². The van der Waals surface area contributed by atoms with E-state index in [1.807, 2.05) is 24.3 Å². The number of likely N-dealkylation sites (N-methyl/N-ethyl adjacent to an activating group) is 1. The lowest BCUT2D eigenvalue weighted by molar-refractivity contribution is 0.0993. The molecule has 0 saturated carbocycles. The van der Waals surface area contributed by atoms with Gasteiger partial charge < -0.3 is 10.2 Å². The third-order valence-electron chi connectivity index (χ3n) is 2.63. The Balaban J connectivity index is 2.89. The number of anilines is 1. The molecule has 1 aromatic carbocycles. The summed E-state index contributed by atoms with van der Waals surface area (Å²) in [6, 6.07) is 7.82. The number of rotatable bonds is 6. The van der Waals surface area contributed by atoms with Crippen molar-refractivity contribution in [3.8, 4) is 0 Å². The van der Waals surface area contributed by atoms with Crippen LogP contribution in [0, 0.1) is 0 Å². The Kier molecular flexibility index (Phi) is 4.99. The second-order valence-electron chi connectivity index (χ2n) is 3.68. The molecule has 3 heteroatoms. The summed E-state index contributed by atoms with van der Waals surface area (Å²) in [5.41, 5.74) is 1.89. The van der Waals surface area contributed by atoms with Crippen molar-refractivity contribution < 1.29 is 4.79 Å². The first-order valence-electron chi connectivity index (χ1n) is 5.75. The monoisotopic (exact) mass is 220 g/mol. The molecule has 1 aromatic rings. The molecule has 0 saturated heterocycles. The Morgan fingerprint density at radius 3 is 2.56 bits per heavy atom. The number of Topliss-reactive ketones (excluding diaryl/α,β-unsaturated/α-hetero) is 1. The Hall–Kier alpha value is -1.35. The van der Waals surface area contributed by atoms with E-state index in [2.05, 4.69) is 24.1 Å². The van der Waals surface area contributed by atoms with Crippen molar-refractivity contribution in [3.05, 3.63) is 29.8 Å². The molecule has 0 atom stereocenters. The molecule has 1 rings (SSSR count). The smallest absolute Gasteiger partial charge is 0.176 e. The Morgan fingerprint density at radius 1 is 1.31 bits per heavy atom. The zero-order chi connectivity index (χ0) is 12.0. The predicted octanol–water partition coefficient (Wildman–Crippen LogP) is 1.93. The number of hydrogen-bond acceptors (Lipinski definition) is 3. The number of nitrogens with zero attached hydrogens (tertiary/aromatic N) is 1. The van der Waals surface area contributed by atoms with E-state index in [0.717, 1.165) is 24.3 Å². The molecule has 0 aliphatic heterocycles. The molecule has 3 nitrogen and oxygen atoms in total. The fourth-order valence-electron chi connectivity index (χ4n) is 1.73. The first-order chi connectivity index (χ1) is 7.72. The van der Waals surface area contributed by atoms with Gasteiger partial charge in [-0.25, -0.2) is 0 Å². The van der Waals surface area contributed by atoms with E-state index in [4.69, 9.17) is 0 Å².